The minimum absolute atomic E-state index is 0.313. The number of ether oxygens (including phenoxy) is 1. The maximum atomic E-state index is 13.1. The first kappa shape index (κ1) is 13.3. The van der Waals surface area contributed by atoms with Crippen LogP contribution in [-0.4, -0.2) is 29.4 Å². The molecule has 0 spiro atoms. The smallest absolute Gasteiger partial charge is 0.337 e. The molecule has 0 aliphatic carbocycles. The van der Waals surface area contributed by atoms with Crippen LogP contribution >= 0.6 is 0 Å². The van der Waals surface area contributed by atoms with Gasteiger partial charge in [0.25, 0.3) is 0 Å². The third kappa shape index (κ3) is 2.69. The summed E-state index contributed by atoms with van der Waals surface area (Å²) in [4.78, 5) is 10.9. The highest BCUT2D eigenvalue weighted by molar-refractivity contribution is 5.75. The molecule has 0 aliphatic rings. The highest BCUT2D eigenvalue weighted by Crippen LogP contribution is 2.24. The van der Waals surface area contributed by atoms with Crippen molar-refractivity contribution in [1.29, 1.82) is 0 Å². The minimum atomic E-state index is -1.93. The second-order valence-electron chi connectivity index (χ2n) is 3.31. The number of carbonyl (C=O) groups excluding carboxylic acids is 1. The largest absolute Gasteiger partial charge is 0.467 e. The van der Waals surface area contributed by atoms with E-state index in [0.29, 0.717) is 0 Å². The fraction of sp³-hybridized carbons (Fsp3) is 0.300. The molecular formula is C10H11F2NO4. The molecule has 2 atom stereocenters. The molecular weight excluding hydrogens is 236 g/mol. The summed E-state index contributed by atoms with van der Waals surface area (Å²) in [5.74, 6) is -3.29. The van der Waals surface area contributed by atoms with Gasteiger partial charge in [0.1, 0.15) is 23.4 Å². The Hall–Kier alpha value is -1.73. The number of halogens is 2. The van der Waals surface area contributed by atoms with E-state index in [2.05, 4.69) is 4.74 Å². The third-order valence-electron chi connectivity index (χ3n) is 2.18. The van der Waals surface area contributed by atoms with Gasteiger partial charge in [0.05, 0.1) is 7.11 Å². The molecule has 0 fully saturated rings. The van der Waals surface area contributed by atoms with Crippen LogP contribution in [0.3, 0.4) is 0 Å². The maximum Gasteiger partial charge on any atom is 0.337 e. The molecule has 1 aromatic rings. The molecule has 17 heavy (non-hydrogen) atoms. The highest BCUT2D eigenvalue weighted by Gasteiger charge is 2.27. The van der Waals surface area contributed by atoms with E-state index in [1.807, 2.05) is 0 Å². The first-order valence-electron chi connectivity index (χ1n) is 4.56. The quantitative estimate of drug-likeness (QED) is 0.521. The molecule has 2 unspecified atom stereocenters. The normalized spacial score (nSPS) is 14.2. The molecule has 0 bridgehead atoms. The zero-order chi connectivity index (χ0) is 13.2. The fourth-order valence-corrected chi connectivity index (χ4v) is 1.21. The first-order valence-corrected chi connectivity index (χ1v) is 4.56. The predicted molar refractivity (Wildman–Crippen MR) is 53.8 cm³/mol. The van der Waals surface area contributed by atoms with Crippen LogP contribution in [0.15, 0.2) is 12.1 Å². The van der Waals surface area contributed by atoms with Crippen molar-refractivity contribution < 1.29 is 28.5 Å². The van der Waals surface area contributed by atoms with Gasteiger partial charge in [-0.05, 0) is 17.7 Å². The van der Waals surface area contributed by atoms with E-state index in [1.54, 1.807) is 0 Å². The fourth-order valence-electron chi connectivity index (χ4n) is 1.21. The number of hydrogen-bond donors (Lipinski definition) is 3. The molecule has 0 amide bonds. The standard InChI is InChI=1S/C10H11F2NO4/c1-17-10(16)9(15)8(14)4-2-5(11)7(13)6(12)3-4/h2-3,8-9,14-15H,13H2,1H3. The van der Waals surface area contributed by atoms with Crippen LogP contribution in [0.1, 0.15) is 11.7 Å². The molecule has 0 aliphatic heterocycles. The molecule has 4 N–H and O–H groups in total. The molecule has 0 radical (unpaired) electrons. The van der Waals surface area contributed by atoms with Gasteiger partial charge in [0.15, 0.2) is 6.10 Å². The van der Waals surface area contributed by atoms with E-state index in [1.165, 1.54) is 0 Å². The number of anilines is 1. The Balaban J connectivity index is 3.04. The summed E-state index contributed by atoms with van der Waals surface area (Å²) in [6.45, 7) is 0. The second kappa shape index (κ2) is 5.07. The first-order chi connectivity index (χ1) is 7.88. The molecule has 1 rings (SSSR count). The average molecular weight is 247 g/mol. The SMILES string of the molecule is COC(=O)C(O)C(O)c1cc(F)c(N)c(F)c1. The number of rotatable bonds is 3. The second-order valence-corrected chi connectivity index (χ2v) is 3.31. The number of aliphatic hydroxyl groups is 2. The summed E-state index contributed by atoms with van der Waals surface area (Å²) < 4.78 is 30.3. The summed E-state index contributed by atoms with van der Waals surface area (Å²) in [6, 6.07) is 1.46. The lowest BCUT2D eigenvalue weighted by atomic mass is 10.0. The number of nitrogen functional groups attached to an aromatic ring is 1. The van der Waals surface area contributed by atoms with Crippen molar-refractivity contribution in [3.8, 4) is 0 Å². The maximum absolute atomic E-state index is 13.1. The Labute approximate surface area is 95.4 Å². The van der Waals surface area contributed by atoms with Crippen LogP contribution in [0.2, 0.25) is 0 Å². The van der Waals surface area contributed by atoms with Gasteiger partial charge in [-0.1, -0.05) is 0 Å². The Bertz CT molecular complexity index is 415. The Morgan fingerprint density at radius 2 is 1.82 bits per heavy atom. The number of carbonyl (C=O) groups is 1. The number of methoxy groups -OCH3 is 1. The number of esters is 1. The number of nitrogens with two attached hydrogens (primary N) is 1. The molecule has 0 saturated carbocycles. The van der Waals surface area contributed by atoms with E-state index in [4.69, 9.17) is 5.73 Å². The van der Waals surface area contributed by atoms with Crippen LogP contribution in [-0.2, 0) is 9.53 Å². The van der Waals surface area contributed by atoms with Crippen molar-refractivity contribution in [2.75, 3.05) is 12.8 Å². The van der Waals surface area contributed by atoms with Crippen LogP contribution in [0.5, 0.6) is 0 Å². The van der Waals surface area contributed by atoms with E-state index >= 15 is 0 Å². The van der Waals surface area contributed by atoms with E-state index < -0.39 is 35.5 Å². The lowest BCUT2D eigenvalue weighted by Crippen LogP contribution is -2.29. The van der Waals surface area contributed by atoms with Gasteiger partial charge in [-0.2, -0.15) is 0 Å². The molecule has 5 nitrogen and oxygen atoms in total. The Morgan fingerprint density at radius 1 is 1.35 bits per heavy atom. The molecule has 0 saturated heterocycles. The van der Waals surface area contributed by atoms with Crippen LogP contribution in [0.4, 0.5) is 14.5 Å². The monoisotopic (exact) mass is 247 g/mol. The Kier molecular flexibility index (Phi) is 3.97. The van der Waals surface area contributed by atoms with Crippen LogP contribution in [0, 0.1) is 11.6 Å². The van der Waals surface area contributed by atoms with E-state index in [0.717, 1.165) is 19.2 Å². The molecule has 0 aromatic heterocycles. The highest BCUT2D eigenvalue weighted by atomic mass is 19.1. The zero-order valence-electron chi connectivity index (χ0n) is 8.85. The number of benzene rings is 1. The van der Waals surface area contributed by atoms with Crippen molar-refractivity contribution in [3.63, 3.8) is 0 Å². The molecule has 1 aromatic carbocycles. The van der Waals surface area contributed by atoms with Crippen LogP contribution in [0.25, 0.3) is 0 Å². The predicted octanol–water partition coefficient (Wildman–Crippen LogP) is 0.114. The van der Waals surface area contributed by atoms with Crippen molar-refractivity contribution in [3.05, 3.63) is 29.3 Å². The average Bonchev–Trinajstić information content (AvgIpc) is 2.32. The third-order valence-corrected chi connectivity index (χ3v) is 2.18. The van der Waals surface area contributed by atoms with Crippen molar-refractivity contribution in [1.82, 2.24) is 0 Å². The van der Waals surface area contributed by atoms with Gasteiger partial charge in [0.2, 0.25) is 0 Å². The Morgan fingerprint density at radius 3 is 2.24 bits per heavy atom. The van der Waals surface area contributed by atoms with E-state index in [9.17, 15) is 23.8 Å². The van der Waals surface area contributed by atoms with Crippen molar-refractivity contribution in [2.24, 2.45) is 0 Å². The minimum Gasteiger partial charge on any atom is -0.467 e. The number of hydrogen-bond acceptors (Lipinski definition) is 5. The summed E-state index contributed by atoms with van der Waals surface area (Å²) in [5.41, 5.74) is 4.01. The number of aliphatic hydroxyl groups excluding tert-OH is 2. The van der Waals surface area contributed by atoms with Gasteiger partial charge < -0.3 is 20.7 Å². The van der Waals surface area contributed by atoms with Gasteiger partial charge in [-0.15, -0.1) is 0 Å². The zero-order valence-corrected chi connectivity index (χ0v) is 8.85. The lowest BCUT2D eigenvalue weighted by Gasteiger charge is -2.16. The molecule has 0 heterocycles. The summed E-state index contributed by atoms with van der Waals surface area (Å²) in [7, 11) is 1.00. The van der Waals surface area contributed by atoms with E-state index in [-0.39, 0.29) is 5.56 Å². The molecule has 94 valence electrons. The lowest BCUT2D eigenvalue weighted by molar-refractivity contribution is -0.156. The summed E-state index contributed by atoms with van der Waals surface area (Å²) in [5, 5.41) is 18.8. The van der Waals surface area contributed by atoms with Crippen LogP contribution < -0.4 is 5.73 Å². The van der Waals surface area contributed by atoms with Gasteiger partial charge in [-0.25, -0.2) is 13.6 Å². The van der Waals surface area contributed by atoms with Crippen molar-refractivity contribution in [2.45, 2.75) is 12.2 Å². The van der Waals surface area contributed by atoms with Gasteiger partial charge >= 0.3 is 5.97 Å². The van der Waals surface area contributed by atoms with Crippen molar-refractivity contribution >= 4 is 11.7 Å². The summed E-state index contributed by atoms with van der Waals surface area (Å²) in [6.07, 6.45) is -3.73. The van der Waals surface area contributed by atoms with Gasteiger partial charge in [-0.3, -0.25) is 0 Å². The van der Waals surface area contributed by atoms with Gasteiger partial charge in [0, 0.05) is 0 Å². The topological polar surface area (TPSA) is 92.8 Å². The molecule has 7 heteroatoms. The summed E-state index contributed by atoms with van der Waals surface area (Å²) >= 11 is 0.